The molecular formula is C10H7F3N2O2. The molecule has 1 heterocycles. The van der Waals surface area contributed by atoms with E-state index in [1.54, 1.807) is 0 Å². The number of rotatable bonds is 3. The predicted molar refractivity (Wildman–Crippen MR) is 50.6 cm³/mol. The van der Waals surface area contributed by atoms with E-state index < -0.39 is 24.7 Å². The first-order valence-corrected chi connectivity index (χ1v) is 4.63. The van der Waals surface area contributed by atoms with E-state index in [1.807, 2.05) is 0 Å². The molecule has 17 heavy (non-hydrogen) atoms. The van der Waals surface area contributed by atoms with Gasteiger partial charge in [0, 0.05) is 11.1 Å². The van der Waals surface area contributed by atoms with Gasteiger partial charge in [-0.1, -0.05) is 6.07 Å². The summed E-state index contributed by atoms with van der Waals surface area (Å²) in [6.07, 6.45) is -2.86. The second-order valence-electron chi connectivity index (χ2n) is 3.21. The van der Waals surface area contributed by atoms with Crippen molar-refractivity contribution in [1.82, 2.24) is 10.2 Å². The highest BCUT2D eigenvalue weighted by Crippen LogP contribution is 2.24. The zero-order valence-corrected chi connectivity index (χ0v) is 8.40. The van der Waals surface area contributed by atoms with Gasteiger partial charge < -0.3 is 9.52 Å². The van der Waals surface area contributed by atoms with Gasteiger partial charge in [0.25, 0.3) is 5.89 Å². The molecule has 0 amide bonds. The zero-order valence-electron chi connectivity index (χ0n) is 8.40. The standard InChI is InChI=1S/C10H7F3N2O2/c11-7-3-5(1-2-6(7)4-16)9-14-15-10(17-9)8(12)13/h1-3,8,16H,4H2. The van der Waals surface area contributed by atoms with E-state index in [0.717, 1.165) is 6.07 Å². The third-order valence-electron chi connectivity index (χ3n) is 2.10. The molecule has 7 heteroatoms. The van der Waals surface area contributed by atoms with Crippen molar-refractivity contribution in [3.63, 3.8) is 0 Å². The van der Waals surface area contributed by atoms with Gasteiger partial charge in [0.05, 0.1) is 6.61 Å². The summed E-state index contributed by atoms with van der Waals surface area (Å²) in [5, 5.41) is 15.3. The Labute approximate surface area is 93.7 Å². The van der Waals surface area contributed by atoms with Crippen molar-refractivity contribution in [2.24, 2.45) is 0 Å². The van der Waals surface area contributed by atoms with Crippen molar-refractivity contribution in [3.05, 3.63) is 35.5 Å². The first kappa shape index (κ1) is 11.6. The lowest BCUT2D eigenvalue weighted by Crippen LogP contribution is -1.90. The van der Waals surface area contributed by atoms with Gasteiger partial charge in [0.2, 0.25) is 5.89 Å². The Morgan fingerprint density at radius 1 is 1.29 bits per heavy atom. The van der Waals surface area contributed by atoms with Gasteiger partial charge >= 0.3 is 6.43 Å². The number of hydrogen-bond acceptors (Lipinski definition) is 4. The summed E-state index contributed by atoms with van der Waals surface area (Å²) in [5.41, 5.74) is 0.279. The SMILES string of the molecule is OCc1ccc(-c2nnc(C(F)F)o2)cc1F. The normalized spacial score (nSPS) is 11.1. The van der Waals surface area contributed by atoms with Crippen LogP contribution in [0.3, 0.4) is 0 Å². The number of benzene rings is 1. The maximum atomic E-state index is 13.3. The monoisotopic (exact) mass is 244 g/mol. The van der Waals surface area contributed by atoms with Crippen LogP contribution < -0.4 is 0 Å². The van der Waals surface area contributed by atoms with Crippen LogP contribution >= 0.6 is 0 Å². The molecule has 4 nitrogen and oxygen atoms in total. The van der Waals surface area contributed by atoms with E-state index in [2.05, 4.69) is 14.6 Å². The Morgan fingerprint density at radius 3 is 2.59 bits per heavy atom. The van der Waals surface area contributed by atoms with Gasteiger partial charge in [-0.25, -0.2) is 4.39 Å². The Bertz CT molecular complexity index is 528. The minimum Gasteiger partial charge on any atom is -0.415 e. The summed E-state index contributed by atoms with van der Waals surface area (Å²) in [6, 6.07) is 3.75. The zero-order chi connectivity index (χ0) is 12.4. The lowest BCUT2D eigenvalue weighted by Gasteiger charge is -2.00. The third kappa shape index (κ3) is 2.28. The van der Waals surface area contributed by atoms with Gasteiger partial charge in [-0.2, -0.15) is 8.78 Å². The maximum absolute atomic E-state index is 13.3. The molecule has 0 saturated heterocycles. The molecule has 0 atom stereocenters. The van der Waals surface area contributed by atoms with E-state index in [-0.39, 0.29) is 17.0 Å². The number of aliphatic hydroxyl groups is 1. The largest absolute Gasteiger partial charge is 0.415 e. The smallest absolute Gasteiger partial charge is 0.314 e. The van der Waals surface area contributed by atoms with Crippen molar-refractivity contribution < 1.29 is 22.7 Å². The summed E-state index contributed by atoms with van der Waals surface area (Å²) in [7, 11) is 0. The molecule has 0 bridgehead atoms. The topological polar surface area (TPSA) is 59.2 Å². The van der Waals surface area contributed by atoms with Gasteiger partial charge in [0.1, 0.15) is 5.82 Å². The van der Waals surface area contributed by atoms with Crippen LogP contribution in [0.1, 0.15) is 17.9 Å². The molecule has 0 saturated carbocycles. The van der Waals surface area contributed by atoms with Gasteiger partial charge in [-0.15, -0.1) is 10.2 Å². The Kier molecular flexibility index (Phi) is 3.10. The van der Waals surface area contributed by atoms with Crippen LogP contribution in [-0.2, 0) is 6.61 Å². The maximum Gasteiger partial charge on any atom is 0.314 e. The molecule has 1 N–H and O–H groups in total. The van der Waals surface area contributed by atoms with Gasteiger partial charge in [-0.3, -0.25) is 0 Å². The highest BCUT2D eigenvalue weighted by molar-refractivity contribution is 5.53. The number of alkyl halides is 2. The third-order valence-corrected chi connectivity index (χ3v) is 2.10. The van der Waals surface area contributed by atoms with Crippen molar-refractivity contribution in [1.29, 1.82) is 0 Å². The number of hydrogen-bond donors (Lipinski definition) is 1. The van der Waals surface area contributed by atoms with Crippen LogP contribution in [0.4, 0.5) is 13.2 Å². The minimum absolute atomic E-state index is 0.0994. The summed E-state index contributed by atoms with van der Waals surface area (Å²) in [5.74, 6) is -1.67. The fourth-order valence-electron chi connectivity index (χ4n) is 1.25. The minimum atomic E-state index is -2.86. The molecule has 1 aromatic carbocycles. The summed E-state index contributed by atoms with van der Waals surface area (Å²) in [6.45, 7) is -0.446. The molecule has 2 rings (SSSR count). The van der Waals surface area contributed by atoms with Crippen molar-refractivity contribution in [3.8, 4) is 11.5 Å². The number of aliphatic hydroxyl groups excluding tert-OH is 1. The molecule has 0 radical (unpaired) electrons. The van der Waals surface area contributed by atoms with Crippen molar-refractivity contribution in [2.75, 3.05) is 0 Å². The van der Waals surface area contributed by atoms with Crippen molar-refractivity contribution in [2.45, 2.75) is 13.0 Å². The van der Waals surface area contributed by atoms with E-state index >= 15 is 0 Å². The van der Waals surface area contributed by atoms with Crippen LogP contribution in [0.15, 0.2) is 22.6 Å². The molecule has 0 aliphatic carbocycles. The molecule has 0 spiro atoms. The van der Waals surface area contributed by atoms with Gasteiger partial charge in [0.15, 0.2) is 0 Å². The molecule has 0 fully saturated rings. The first-order chi connectivity index (χ1) is 8.11. The lowest BCUT2D eigenvalue weighted by molar-refractivity contribution is 0.116. The van der Waals surface area contributed by atoms with Crippen LogP contribution in [-0.4, -0.2) is 15.3 Å². The van der Waals surface area contributed by atoms with E-state index in [0.29, 0.717) is 0 Å². The Hall–Kier alpha value is -1.89. The fourth-order valence-corrected chi connectivity index (χ4v) is 1.25. The first-order valence-electron chi connectivity index (χ1n) is 4.63. The average molecular weight is 244 g/mol. The average Bonchev–Trinajstić information content (AvgIpc) is 2.78. The highest BCUT2D eigenvalue weighted by atomic mass is 19.3. The second-order valence-corrected chi connectivity index (χ2v) is 3.21. The van der Waals surface area contributed by atoms with Crippen molar-refractivity contribution >= 4 is 0 Å². The highest BCUT2D eigenvalue weighted by Gasteiger charge is 2.17. The Balaban J connectivity index is 2.36. The molecular weight excluding hydrogens is 237 g/mol. The summed E-state index contributed by atoms with van der Waals surface area (Å²) in [4.78, 5) is 0. The number of aromatic nitrogens is 2. The second kappa shape index (κ2) is 4.54. The lowest BCUT2D eigenvalue weighted by atomic mass is 10.1. The van der Waals surface area contributed by atoms with Crippen LogP contribution in [0, 0.1) is 5.82 Å². The molecule has 0 aliphatic rings. The molecule has 0 aliphatic heterocycles. The molecule has 1 aromatic heterocycles. The quantitative estimate of drug-likeness (QED) is 0.899. The molecule has 0 unspecified atom stereocenters. The predicted octanol–water partition coefficient (Wildman–Crippen LogP) is 2.31. The van der Waals surface area contributed by atoms with Crippen LogP contribution in [0.5, 0.6) is 0 Å². The van der Waals surface area contributed by atoms with E-state index in [9.17, 15) is 13.2 Å². The number of nitrogens with zero attached hydrogens (tertiary/aromatic N) is 2. The fraction of sp³-hybridized carbons (Fsp3) is 0.200. The molecule has 90 valence electrons. The van der Waals surface area contributed by atoms with Crippen LogP contribution in [0.2, 0.25) is 0 Å². The van der Waals surface area contributed by atoms with Crippen LogP contribution in [0.25, 0.3) is 11.5 Å². The Morgan fingerprint density at radius 2 is 2.06 bits per heavy atom. The number of halogens is 3. The summed E-state index contributed by atoms with van der Waals surface area (Å²) < 4.78 is 42.3. The molecule has 2 aromatic rings. The van der Waals surface area contributed by atoms with E-state index in [1.165, 1.54) is 12.1 Å². The van der Waals surface area contributed by atoms with Gasteiger partial charge in [-0.05, 0) is 12.1 Å². The summed E-state index contributed by atoms with van der Waals surface area (Å²) >= 11 is 0. The van der Waals surface area contributed by atoms with E-state index in [4.69, 9.17) is 5.11 Å².